The van der Waals surface area contributed by atoms with E-state index in [-0.39, 0.29) is 5.60 Å². The van der Waals surface area contributed by atoms with Gasteiger partial charge in [-0.05, 0) is 58.2 Å². The van der Waals surface area contributed by atoms with E-state index < -0.39 is 0 Å². The molecule has 1 aromatic rings. The molecule has 0 bridgehead atoms. The maximum atomic E-state index is 5.85. The quantitative estimate of drug-likeness (QED) is 0.291. The molecule has 2 heterocycles. The van der Waals surface area contributed by atoms with Gasteiger partial charge in [-0.15, -0.1) is 0 Å². The molecule has 4 radical (unpaired) electrons. The SMILES string of the molecule is CN1CCN(c2ccc([Si]CCCCCCCC[Si]OC(C)(C)C)c(N3CCN(C)CC3)c2)CC1. The van der Waals surface area contributed by atoms with Gasteiger partial charge in [-0.1, -0.05) is 50.6 Å². The van der Waals surface area contributed by atoms with E-state index in [0.29, 0.717) is 9.76 Å². The highest BCUT2D eigenvalue weighted by molar-refractivity contribution is 6.55. The number of piperazine rings is 2. The van der Waals surface area contributed by atoms with E-state index in [1.165, 1.54) is 88.2 Å². The summed E-state index contributed by atoms with van der Waals surface area (Å²) in [6, 6.07) is 9.95. The Labute approximate surface area is 221 Å². The molecule has 2 saturated heterocycles. The van der Waals surface area contributed by atoms with Crippen LogP contribution in [0.3, 0.4) is 0 Å². The minimum atomic E-state index is 0.0222. The Morgan fingerprint density at radius 3 is 1.86 bits per heavy atom. The second kappa shape index (κ2) is 14.8. The lowest BCUT2D eigenvalue weighted by Gasteiger charge is -2.37. The number of unbranched alkanes of at least 4 members (excludes halogenated alkanes) is 5. The molecule has 196 valence electrons. The minimum Gasteiger partial charge on any atom is -0.413 e. The third kappa shape index (κ3) is 10.6. The van der Waals surface area contributed by atoms with E-state index >= 15 is 0 Å². The first kappa shape index (κ1) is 28.7. The number of likely N-dealkylation sites (N-methyl/N-ethyl adjacent to an activating group) is 2. The van der Waals surface area contributed by atoms with Gasteiger partial charge in [-0.25, -0.2) is 0 Å². The number of anilines is 2. The summed E-state index contributed by atoms with van der Waals surface area (Å²) in [6.07, 6.45) is 8.22. The second-order valence-corrected chi connectivity index (χ2v) is 13.8. The van der Waals surface area contributed by atoms with Gasteiger partial charge in [0.05, 0.1) is 9.52 Å². The van der Waals surface area contributed by atoms with Crippen molar-refractivity contribution in [3.8, 4) is 0 Å². The number of hydrogen-bond donors (Lipinski definition) is 0. The highest BCUT2D eigenvalue weighted by atomic mass is 28.2. The van der Waals surface area contributed by atoms with Gasteiger partial charge in [0.1, 0.15) is 0 Å². The molecule has 7 heteroatoms. The van der Waals surface area contributed by atoms with Crippen LogP contribution in [0.25, 0.3) is 0 Å². The highest BCUT2D eigenvalue weighted by Crippen LogP contribution is 2.23. The first-order chi connectivity index (χ1) is 16.8. The van der Waals surface area contributed by atoms with Gasteiger partial charge in [-0.3, -0.25) is 0 Å². The van der Waals surface area contributed by atoms with Crippen LogP contribution in [0.1, 0.15) is 59.3 Å². The molecular weight excluding hydrogens is 465 g/mol. The second-order valence-electron chi connectivity index (χ2n) is 11.4. The lowest BCUT2D eigenvalue weighted by atomic mass is 10.1. The molecule has 2 aliphatic rings. The van der Waals surface area contributed by atoms with Crippen molar-refractivity contribution < 1.29 is 4.43 Å². The average molecular weight is 515 g/mol. The molecule has 1 aromatic carbocycles. The molecule has 2 fully saturated rings. The van der Waals surface area contributed by atoms with E-state index in [0.717, 1.165) is 35.7 Å². The summed E-state index contributed by atoms with van der Waals surface area (Å²) in [5.74, 6) is 0. The van der Waals surface area contributed by atoms with E-state index in [2.05, 4.69) is 72.7 Å². The van der Waals surface area contributed by atoms with Crippen LogP contribution in [0.15, 0.2) is 18.2 Å². The Morgan fingerprint density at radius 1 is 0.714 bits per heavy atom. The predicted octanol–water partition coefficient (Wildman–Crippen LogP) is 4.13. The smallest absolute Gasteiger partial charge is 0.230 e. The van der Waals surface area contributed by atoms with Crippen molar-refractivity contribution in [2.75, 3.05) is 76.3 Å². The Hall–Kier alpha value is -0.866. The van der Waals surface area contributed by atoms with Gasteiger partial charge in [-0.2, -0.15) is 0 Å². The molecule has 0 saturated carbocycles. The van der Waals surface area contributed by atoms with E-state index in [1.54, 1.807) is 5.19 Å². The predicted molar refractivity (Wildman–Crippen MR) is 155 cm³/mol. The van der Waals surface area contributed by atoms with Gasteiger partial charge in [0.2, 0.25) is 9.76 Å². The topological polar surface area (TPSA) is 22.2 Å². The van der Waals surface area contributed by atoms with Crippen molar-refractivity contribution in [1.82, 2.24) is 9.80 Å². The lowest BCUT2D eigenvalue weighted by molar-refractivity contribution is 0.138. The molecular formula is C28H50N4OSi2. The van der Waals surface area contributed by atoms with Crippen molar-refractivity contribution >= 4 is 35.8 Å². The van der Waals surface area contributed by atoms with Gasteiger partial charge in [0, 0.05) is 69.3 Å². The van der Waals surface area contributed by atoms with Crippen LogP contribution in [-0.2, 0) is 4.43 Å². The number of nitrogens with zero attached hydrogens (tertiary/aromatic N) is 4. The summed E-state index contributed by atoms with van der Waals surface area (Å²) in [6.45, 7) is 15.7. The first-order valence-electron chi connectivity index (χ1n) is 14.0. The molecule has 0 spiro atoms. The van der Waals surface area contributed by atoms with Crippen LogP contribution < -0.4 is 15.0 Å². The molecule has 0 aromatic heterocycles. The van der Waals surface area contributed by atoms with Gasteiger partial charge in [0.15, 0.2) is 0 Å². The Morgan fingerprint density at radius 2 is 1.26 bits per heavy atom. The summed E-state index contributed by atoms with van der Waals surface area (Å²) < 4.78 is 5.85. The third-order valence-electron chi connectivity index (χ3n) is 7.09. The fraction of sp³-hybridized carbons (Fsp3) is 0.786. The number of rotatable bonds is 13. The van der Waals surface area contributed by atoms with Gasteiger partial charge in [0.25, 0.3) is 0 Å². The lowest BCUT2D eigenvalue weighted by Crippen LogP contribution is -2.47. The molecule has 3 rings (SSSR count). The molecule has 0 N–H and O–H groups in total. The summed E-state index contributed by atoms with van der Waals surface area (Å²) in [4.78, 5) is 10.1. The van der Waals surface area contributed by atoms with Crippen molar-refractivity contribution in [2.45, 2.75) is 77.0 Å². The first-order valence-corrected chi connectivity index (χ1v) is 16.3. The molecule has 0 aliphatic carbocycles. The molecule has 5 nitrogen and oxygen atoms in total. The number of hydrogen-bond acceptors (Lipinski definition) is 5. The Balaban J connectivity index is 1.41. The summed E-state index contributed by atoms with van der Waals surface area (Å²) in [7, 11) is 6.09. The zero-order chi connectivity index (χ0) is 25.1. The molecule has 0 unspecified atom stereocenters. The maximum Gasteiger partial charge on any atom is 0.230 e. The van der Waals surface area contributed by atoms with E-state index in [1.807, 2.05) is 0 Å². The summed E-state index contributed by atoms with van der Waals surface area (Å²) >= 11 is 0. The Kier molecular flexibility index (Phi) is 12.1. The zero-order valence-corrected chi connectivity index (χ0v) is 25.2. The summed E-state index contributed by atoms with van der Waals surface area (Å²) in [5.41, 5.74) is 2.97. The average Bonchev–Trinajstić information content (AvgIpc) is 2.83. The van der Waals surface area contributed by atoms with E-state index in [9.17, 15) is 0 Å². The fourth-order valence-corrected chi connectivity index (χ4v) is 7.00. The van der Waals surface area contributed by atoms with Crippen molar-refractivity contribution in [3.63, 3.8) is 0 Å². The van der Waals surface area contributed by atoms with Crippen LogP contribution in [0.4, 0.5) is 11.4 Å². The van der Waals surface area contributed by atoms with Crippen LogP contribution in [-0.4, -0.2) is 101 Å². The monoisotopic (exact) mass is 514 g/mol. The normalized spacial score (nSPS) is 18.4. The highest BCUT2D eigenvalue weighted by Gasteiger charge is 2.20. The van der Waals surface area contributed by atoms with Crippen LogP contribution in [0, 0.1) is 0 Å². The minimum absolute atomic E-state index is 0.0222. The van der Waals surface area contributed by atoms with Crippen LogP contribution in [0.5, 0.6) is 0 Å². The van der Waals surface area contributed by atoms with Crippen molar-refractivity contribution in [3.05, 3.63) is 18.2 Å². The van der Waals surface area contributed by atoms with Crippen molar-refractivity contribution in [2.24, 2.45) is 0 Å². The molecule has 0 atom stereocenters. The molecule has 35 heavy (non-hydrogen) atoms. The van der Waals surface area contributed by atoms with Crippen molar-refractivity contribution in [1.29, 1.82) is 0 Å². The van der Waals surface area contributed by atoms with Gasteiger partial charge < -0.3 is 24.0 Å². The van der Waals surface area contributed by atoms with Crippen LogP contribution in [0.2, 0.25) is 12.1 Å². The van der Waals surface area contributed by atoms with Gasteiger partial charge >= 0.3 is 0 Å². The standard InChI is InChI=1S/C28H50N4OSi2/c1-28(2,3)33-35-23-11-9-7-6-8-10-22-34-27-13-12-25(31-18-14-29(4)15-19-31)24-26(27)32-20-16-30(5)17-21-32/h12-13,24H,6-11,14-23H2,1-5H3. The van der Waals surface area contributed by atoms with E-state index in [4.69, 9.17) is 4.43 Å². The summed E-state index contributed by atoms with van der Waals surface area (Å²) in [5, 5.41) is 1.59. The Bertz CT molecular complexity index is 726. The maximum absolute atomic E-state index is 5.85. The zero-order valence-electron chi connectivity index (χ0n) is 23.2. The third-order valence-corrected chi connectivity index (χ3v) is 9.81. The fourth-order valence-electron chi connectivity index (χ4n) is 4.76. The molecule has 2 aliphatic heterocycles. The molecule has 0 amide bonds. The van der Waals surface area contributed by atoms with Crippen LogP contribution >= 0.6 is 0 Å². The number of benzene rings is 1. The largest absolute Gasteiger partial charge is 0.413 e.